The van der Waals surface area contributed by atoms with Gasteiger partial charge in [0.1, 0.15) is 0 Å². The van der Waals surface area contributed by atoms with Gasteiger partial charge in [0.15, 0.2) is 0 Å². The van der Waals surface area contributed by atoms with Gasteiger partial charge in [0, 0.05) is 34.4 Å². The SMILES string of the molecule is O=S(=O)(NC1CCC(Nc2ccnc3cc(Cl)ccc23)CC1)c1ccc(Cl)c(Cl)c1. The number of hydrogen-bond donors (Lipinski definition) is 2. The summed E-state index contributed by atoms with van der Waals surface area (Å²) < 4.78 is 28.1. The molecule has 1 heterocycles. The van der Waals surface area contributed by atoms with Gasteiger partial charge in [0.25, 0.3) is 0 Å². The number of rotatable bonds is 5. The topological polar surface area (TPSA) is 71.1 Å². The zero-order valence-electron chi connectivity index (χ0n) is 15.9. The summed E-state index contributed by atoms with van der Waals surface area (Å²) in [4.78, 5) is 4.49. The molecule has 0 radical (unpaired) electrons. The fraction of sp³-hybridized carbons (Fsp3) is 0.286. The molecule has 0 bridgehead atoms. The number of benzene rings is 2. The Labute approximate surface area is 190 Å². The van der Waals surface area contributed by atoms with E-state index in [1.54, 1.807) is 6.20 Å². The van der Waals surface area contributed by atoms with Crippen molar-refractivity contribution < 1.29 is 8.42 Å². The van der Waals surface area contributed by atoms with E-state index in [1.807, 2.05) is 24.3 Å². The lowest BCUT2D eigenvalue weighted by molar-refractivity contribution is 0.387. The predicted molar refractivity (Wildman–Crippen MR) is 123 cm³/mol. The lowest BCUT2D eigenvalue weighted by Gasteiger charge is -2.30. The van der Waals surface area contributed by atoms with E-state index in [2.05, 4.69) is 15.0 Å². The van der Waals surface area contributed by atoms with Crippen LogP contribution in [0.2, 0.25) is 15.1 Å². The Kier molecular flexibility index (Phi) is 6.42. The van der Waals surface area contributed by atoms with Crippen LogP contribution in [0.25, 0.3) is 10.9 Å². The van der Waals surface area contributed by atoms with E-state index in [-0.39, 0.29) is 22.0 Å². The van der Waals surface area contributed by atoms with Crippen molar-refractivity contribution in [1.82, 2.24) is 9.71 Å². The smallest absolute Gasteiger partial charge is 0.240 e. The summed E-state index contributed by atoms with van der Waals surface area (Å²) in [7, 11) is -3.64. The Morgan fingerprint density at radius 1 is 0.867 bits per heavy atom. The molecule has 5 nitrogen and oxygen atoms in total. The Morgan fingerprint density at radius 2 is 1.60 bits per heavy atom. The molecule has 1 aliphatic carbocycles. The minimum Gasteiger partial charge on any atom is -0.382 e. The number of pyridine rings is 1. The molecule has 1 saturated carbocycles. The van der Waals surface area contributed by atoms with Crippen molar-refractivity contribution in [3.05, 3.63) is 63.7 Å². The Balaban J connectivity index is 1.39. The van der Waals surface area contributed by atoms with Crippen molar-refractivity contribution >= 4 is 61.4 Å². The summed E-state index contributed by atoms with van der Waals surface area (Å²) in [6.45, 7) is 0. The first-order chi connectivity index (χ1) is 14.3. The first-order valence-electron chi connectivity index (χ1n) is 9.60. The summed E-state index contributed by atoms with van der Waals surface area (Å²) in [6, 6.07) is 12.1. The van der Waals surface area contributed by atoms with Crippen LogP contribution in [0.3, 0.4) is 0 Å². The van der Waals surface area contributed by atoms with Crippen LogP contribution >= 0.6 is 34.8 Å². The van der Waals surface area contributed by atoms with Gasteiger partial charge in [-0.15, -0.1) is 0 Å². The quantitative estimate of drug-likeness (QED) is 0.473. The average molecular weight is 485 g/mol. The number of nitrogens with zero attached hydrogens (tertiary/aromatic N) is 1. The van der Waals surface area contributed by atoms with Gasteiger partial charge in [-0.1, -0.05) is 34.8 Å². The van der Waals surface area contributed by atoms with E-state index in [9.17, 15) is 8.42 Å². The number of anilines is 1. The number of hydrogen-bond acceptors (Lipinski definition) is 4. The van der Waals surface area contributed by atoms with Gasteiger partial charge < -0.3 is 5.32 Å². The van der Waals surface area contributed by atoms with Crippen LogP contribution in [0.1, 0.15) is 25.7 Å². The van der Waals surface area contributed by atoms with Crippen molar-refractivity contribution in [2.75, 3.05) is 5.32 Å². The van der Waals surface area contributed by atoms with Crippen LogP contribution in [0, 0.1) is 0 Å². The van der Waals surface area contributed by atoms with Crippen LogP contribution in [-0.4, -0.2) is 25.5 Å². The van der Waals surface area contributed by atoms with E-state index in [4.69, 9.17) is 34.8 Å². The molecule has 9 heteroatoms. The van der Waals surface area contributed by atoms with Gasteiger partial charge in [-0.05, 0) is 68.1 Å². The second-order valence-electron chi connectivity index (χ2n) is 7.41. The third kappa shape index (κ3) is 4.84. The Hall–Kier alpha value is -1.57. The summed E-state index contributed by atoms with van der Waals surface area (Å²) in [6.07, 6.45) is 4.95. The zero-order valence-corrected chi connectivity index (χ0v) is 19.0. The lowest BCUT2D eigenvalue weighted by atomic mass is 9.91. The van der Waals surface area contributed by atoms with Gasteiger partial charge in [0.2, 0.25) is 10.0 Å². The molecule has 2 aromatic carbocycles. The van der Waals surface area contributed by atoms with Gasteiger partial charge in [0.05, 0.1) is 20.5 Å². The molecule has 158 valence electrons. The molecule has 1 fully saturated rings. The van der Waals surface area contributed by atoms with Crippen LogP contribution in [0.4, 0.5) is 5.69 Å². The van der Waals surface area contributed by atoms with Crippen molar-refractivity contribution in [2.45, 2.75) is 42.7 Å². The molecule has 4 rings (SSSR count). The molecular weight excluding hydrogens is 465 g/mol. The van der Waals surface area contributed by atoms with Gasteiger partial charge in [-0.25, -0.2) is 13.1 Å². The third-order valence-corrected chi connectivity index (χ3v) is 7.81. The first-order valence-corrected chi connectivity index (χ1v) is 12.2. The number of halogens is 3. The second-order valence-corrected chi connectivity index (χ2v) is 10.4. The van der Waals surface area contributed by atoms with Crippen LogP contribution in [0.15, 0.2) is 53.6 Å². The van der Waals surface area contributed by atoms with Gasteiger partial charge >= 0.3 is 0 Å². The predicted octanol–water partition coefficient (Wildman–Crippen LogP) is 5.90. The Bertz CT molecular complexity index is 1180. The molecule has 0 unspecified atom stereocenters. The van der Waals surface area contributed by atoms with Crippen molar-refractivity contribution in [3.8, 4) is 0 Å². The molecule has 0 spiro atoms. The maximum Gasteiger partial charge on any atom is 0.240 e. The lowest BCUT2D eigenvalue weighted by Crippen LogP contribution is -2.40. The maximum absolute atomic E-state index is 12.7. The van der Waals surface area contributed by atoms with Crippen molar-refractivity contribution in [2.24, 2.45) is 0 Å². The van der Waals surface area contributed by atoms with Crippen molar-refractivity contribution in [1.29, 1.82) is 0 Å². The highest BCUT2D eigenvalue weighted by Gasteiger charge is 2.26. The van der Waals surface area contributed by atoms with Gasteiger partial charge in [-0.3, -0.25) is 4.98 Å². The minimum atomic E-state index is -3.64. The summed E-state index contributed by atoms with van der Waals surface area (Å²) >= 11 is 17.9. The molecule has 1 aromatic heterocycles. The fourth-order valence-corrected chi connectivity index (χ4v) is 5.61. The highest BCUT2D eigenvalue weighted by molar-refractivity contribution is 7.89. The van der Waals surface area contributed by atoms with Gasteiger partial charge in [-0.2, -0.15) is 0 Å². The zero-order chi connectivity index (χ0) is 21.3. The molecular formula is C21H20Cl3N3O2S. The second kappa shape index (κ2) is 8.89. The molecule has 1 aliphatic rings. The minimum absolute atomic E-state index is 0.115. The number of nitrogens with one attached hydrogen (secondary N) is 2. The highest BCUT2D eigenvalue weighted by Crippen LogP contribution is 2.29. The van der Waals surface area contributed by atoms with Crippen LogP contribution < -0.4 is 10.0 Å². The number of aromatic nitrogens is 1. The van der Waals surface area contributed by atoms with E-state index >= 15 is 0 Å². The average Bonchev–Trinajstić information content (AvgIpc) is 2.71. The normalized spacial score (nSPS) is 19.7. The third-order valence-electron chi connectivity index (χ3n) is 5.31. The van der Waals surface area contributed by atoms with E-state index < -0.39 is 10.0 Å². The number of fused-ring (bicyclic) bond motifs is 1. The van der Waals surface area contributed by atoms with E-state index in [1.165, 1.54) is 18.2 Å². The van der Waals surface area contributed by atoms with Crippen LogP contribution in [-0.2, 0) is 10.0 Å². The molecule has 30 heavy (non-hydrogen) atoms. The molecule has 0 aliphatic heterocycles. The van der Waals surface area contributed by atoms with Crippen LogP contribution in [0.5, 0.6) is 0 Å². The van der Waals surface area contributed by atoms with E-state index in [0.29, 0.717) is 10.0 Å². The summed E-state index contributed by atoms with van der Waals surface area (Å²) in [5, 5.41) is 5.80. The maximum atomic E-state index is 12.7. The fourth-order valence-electron chi connectivity index (χ4n) is 3.75. The largest absolute Gasteiger partial charge is 0.382 e. The summed E-state index contributed by atoms with van der Waals surface area (Å²) in [5.74, 6) is 0. The first kappa shape index (κ1) is 21.7. The molecule has 0 amide bonds. The molecule has 3 aromatic rings. The standard InChI is InChI=1S/C21H20Cl3N3O2S/c22-13-1-7-17-20(9-10-25-21(17)11-13)26-14-2-4-15(5-3-14)27-30(28,29)16-6-8-18(23)19(24)12-16/h1,6-12,14-15,27H,2-5H2,(H,25,26). The Morgan fingerprint density at radius 3 is 2.33 bits per heavy atom. The monoisotopic (exact) mass is 483 g/mol. The summed E-state index contributed by atoms with van der Waals surface area (Å²) in [5.41, 5.74) is 1.85. The highest BCUT2D eigenvalue weighted by atomic mass is 35.5. The van der Waals surface area contributed by atoms with E-state index in [0.717, 1.165) is 42.3 Å². The molecule has 2 N–H and O–H groups in total. The number of sulfonamides is 1. The van der Waals surface area contributed by atoms with Crippen molar-refractivity contribution in [3.63, 3.8) is 0 Å². The molecule has 0 saturated heterocycles. The molecule has 0 atom stereocenters.